The highest BCUT2D eigenvalue weighted by Crippen LogP contribution is 2.24. The molecule has 8 heteroatoms. The topological polar surface area (TPSA) is 104 Å². The van der Waals surface area contributed by atoms with Crippen LogP contribution >= 0.6 is 0 Å². The number of ether oxygens (including phenoxy) is 1. The molecule has 0 N–H and O–H groups in total. The lowest BCUT2D eigenvalue weighted by Gasteiger charge is -2.14. The lowest BCUT2D eigenvalue weighted by Crippen LogP contribution is -2.29. The fourth-order valence-electron chi connectivity index (χ4n) is 2.59. The van der Waals surface area contributed by atoms with Crippen molar-refractivity contribution in [2.45, 2.75) is 33.7 Å². The minimum absolute atomic E-state index is 0.112. The summed E-state index contributed by atoms with van der Waals surface area (Å²) < 4.78 is 6.39. The van der Waals surface area contributed by atoms with Crippen LogP contribution in [0.4, 0.5) is 5.69 Å². The molecule has 0 aliphatic heterocycles. The average molecular weight is 345 g/mol. The molecule has 0 fully saturated rings. The summed E-state index contributed by atoms with van der Waals surface area (Å²) in [5, 5.41) is 11.0. The van der Waals surface area contributed by atoms with Crippen LogP contribution in [-0.2, 0) is 22.5 Å². The van der Waals surface area contributed by atoms with Gasteiger partial charge in [-0.3, -0.25) is 24.3 Å². The van der Waals surface area contributed by atoms with Crippen LogP contribution in [-0.4, -0.2) is 27.1 Å². The molecule has 0 unspecified atom stereocenters. The van der Waals surface area contributed by atoms with E-state index < -0.39 is 10.9 Å². The van der Waals surface area contributed by atoms with Crippen LogP contribution in [0, 0.1) is 17.0 Å². The Kier molecular flexibility index (Phi) is 5.63. The first-order valence-electron chi connectivity index (χ1n) is 7.89. The fraction of sp³-hybridized carbons (Fsp3) is 0.353. The van der Waals surface area contributed by atoms with Crippen LogP contribution in [0.15, 0.2) is 29.1 Å². The van der Waals surface area contributed by atoms with Gasteiger partial charge in [0.1, 0.15) is 5.82 Å². The summed E-state index contributed by atoms with van der Waals surface area (Å²) in [5.74, 6) is -0.0683. The van der Waals surface area contributed by atoms with Crippen molar-refractivity contribution in [3.8, 4) is 11.3 Å². The maximum Gasteiger partial charge on any atom is 0.310 e. The minimum atomic E-state index is -0.542. The zero-order valence-corrected chi connectivity index (χ0v) is 14.3. The molecule has 1 aromatic heterocycles. The van der Waals surface area contributed by atoms with Crippen molar-refractivity contribution in [1.29, 1.82) is 0 Å². The Morgan fingerprint density at radius 3 is 2.68 bits per heavy atom. The maximum absolute atomic E-state index is 12.8. The largest absolute Gasteiger partial charge is 0.466 e. The summed E-state index contributed by atoms with van der Waals surface area (Å²) >= 11 is 0. The number of carbonyl (C=O) groups excluding carboxylic acids is 1. The standard InChI is InChI=1S/C17H19N3O5/c1-4-19-11(3)18-16(12-7-6-8-13(9-12)20(23)24)14(17(19)22)10-15(21)25-5-2/h6-9H,4-5,10H2,1-3H3. The van der Waals surface area contributed by atoms with Crippen LogP contribution in [0.25, 0.3) is 11.3 Å². The Hall–Kier alpha value is -3.03. The number of benzene rings is 1. The zero-order chi connectivity index (χ0) is 18.6. The molecular formula is C17H19N3O5. The Bertz CT molecular complexity index is 873. The molecule has 0 aliphatic carbocycles. The third-order valence-corrected chi connectivity index (χ3v) is 3.73. The predicted molar refractivity (Wildman–Crippen MR) is 91.3 cm³/mol. The number of nitrogens with zero attached hydrogens (tertiary/aromatic N) is 3. The van der Waals surface area contributed by atoms with E-state index in [1.807, 2.05) is 0 Å². The van der Waals surface area contributed by atoms with Crippen LogP contribution < -0.4 is 5.56 Å². The van der Waals surface area contributed by atoms with Crippen molar-refractivity contribution in [2.75, 3.05) is 6.61 Å². The van der Waals surface area contributed by atoms with Gasteiger partial charge in [-0.2, -0.15) is 0 Å². The molecule has 2 aromatic rings. The first-order valence-corrected chi connectivity index (χ1v) is 7.89. The quantitative estimate of drug-likeness (QED) is 0.452. The van der Waals surface area contributed by atoms with Crippen LogP contribution in [0.3, 0.4) is 0 Å². The summed E-state index contributed by atoms with van der Waals surface area (Å²) in [6.07, 6.45) is -0.238. The third kappa shape index (κ3) is 3.90. The van der Waals surface area contributed by atoms with Crippen molar-refractivity contribution in [3.63, 3.8) is 0 Å². The van der Waals surface area contributed by atoms with Crippen molar-refractivity contribution >= 4 is 11.7 Å². The summed E-state index contributed by atoms with van der Waals surface area (Å²) in [6, 6.07) is 5.84. The lowest BCUT2D eigenvalue weighted by atomic mass is 10.0. The number of carbonyl (C=O) groups is 1. The SMILES string of the molecule is CCOC(=O)Cc1c(-c2cccc([N+](=O)[O-])c2)nc(C)n(CC)c1=O. The molecule has 0 amide bonds. The highest BCUT2D eigenvalue weighted by Gasteiger charge is 2.20. The van der Waals surface area contributed by atoms with Gasteiger partial charge in [0.25, 0.3) is 11.2 Å². The second kappa shape index (κ2) is 7.69. The number of aromatic nitrogens is 2. The normalized spacial score (nSPS) is 10.5. The fourth-order valence-corrected chi connectivity index (χ4v) is 2.59. The molecule has 8 nitrogen and oxygen atoms in total. The second-order valence-electron chi connectivity index (χ2n) is 5.32. The predicted octanol–water partition coefficient (Wildman–Crippen LogP) is 2.25. The van der Waals surface area contributed by atoms with Crippen molar-refractivity contribution in [1.82, 2.24) is 9.55 Å². The van der Waals surface area contributed by atoms with Crippen molar-refractivity contribution in [2.24, 2.45) is 0 Å². The van der Waals surface area contributed by atoms with Gasteiger partial charge < -0.3 is 4.74 Å². The van der Waals surface area contributed by atoms with E-state index in [-0.39, 0.29) is 35.5 Å². The van der Waals surface area contributed by atoms with Gasteiger partial charge in [-0.15, -0.1) is 0 Å². The van der Waals surface area contributed by atoms with Gasteiger partial charge in [-0.1, -0.05) is 12.1 Å². The van der Waals surface area contributed by atoms with Gasteiger partial charge in [-0.25, -0.2) is 4.98 Å². The number of nitro groups is 1. The smallest absolute Gasteiger partial charge is 0.310 e. The van der Waals surface area contributed by atoms with Crippen LogP contribution in [0.2, 0.25) is 0 Å². The minimum Gasteiger partial charge on any atom is -0.466 e. The summed E-state index contributed by atoms with van der Waals surface area (Å²) in [4.78, 5) is 39.6. The van der Waals surface area contributed by atoms with E-state index in [1.54, 1.807) is 26.8 Å². The Morgan fingerprint density at radius 2 is 2.08 bits per heavy atom. The first kappa shape index (κ1) is 18.3. The number of aryl methyl sites for hydroxylation is 1. The molecule has 1 heterocycles. The monoisotopic (exact) mass is 345 g/mol. The van der Waals surface area contributed by atoms with E-state index in [4.69, 9.17) is 4.74 Å². The number of esters is 1. The lowest BCUT2D eigenvalue weighted by molar-refractivity contribution is -0.384. The van der Waals surface area contributed by atoms with E-state index in [9.17, 15) is 19.7 Å². The summed E-state index contributed by atoms with van der Waals surface area (Å²) in [6.45, 7) is 5.77. The van der Waals surface area contributed by atoms with E-state index in [2.05, 4.69) is 4.98 Å². The zero-order valence-electron chi connectivity index (χ0n) is 14.3. The molecular weight excluding hydrogens is 326 g/mol. The molecule has 0 aliphatic rings. The van der Waals surface area contributed by atoms with Gasteiger partial charge in [-0.05, 0) is 20.8 Å². The third-order valence-electron chi connectivity index (χ3n) is 3.73. The molecule has 0 saturated heterocycles. The molecule has 0 atom stereocenters. The number of non-ortho nitro benzene ring substituents is 1. The molecule has 25 heavy (non-hydrogen) atoms. The number of hydrogen-bond acceptors (Lipinski definition) is 6. The Labute approximate surface area is 144 Å². The van der Waals surface area contributed by atoms with E-state index >= 15 is 0 Å². The van der Waals surface area contributed by atoms with Crippen LogP contribution in [0.1, 0.15) is 25.2 Å². The molecule has 2 rings (SSSR count). The highest BCUT2D eigenvalue weighted by molar-refractivity contribution is 5.76. The van der Waals surface area contributed by atoms with E-state index in [0.717, 1.165) is 0 Å². The number of rotatable bonds is 6. The van der Waals surface area contributed by atoms with Gasteiger partial charge in [0, 0.05) is 24.2 Å². The van der Waals surface area contributed by atoms with Gasteiger partial charge in [0.2, 0.25) is 0 Å². The molecule has 0 radical (unpaired) electrons. The Balaban J connectivity index is 2.67. The molecule has 132 valence electrons. The first-order chi connectivity index (χ1) is 11.9. The molecule has 0 bridgehead atoms. The van der Waals surface area contributed by atoms with Gasteiger partial charge in [0.05, 0.1) is 29.2 Å². The molecule has 1 aromatic carbocycles. The van der Waals surface area contributed by atoms with E-state index in [0.29, 0.717) is 17.9 Å². The second-order valence-corrected chi connectivity index (χ2v) is 5.32. The van der Waals surface area contributed by atoms with Crippen LogP contribution in [0.5, 0.6) is 0 Å². The highest BCUT2D eigenvalue weighted by atomic mass is 16.6. The Morgan fingerprint density at radius 1 is 1.36 bits per heavy atom. The summed E-state index contributed by atoms with van der Waals surface area (Å²) in [7, 11) is 0. The van der Waals surface area contributed by atoms with Crippen molar-refractivity contribution in [3.05, 3.63) is 56.1 Å². The maximum atomic E-state index is 12.8. The van der Waals surface area contributed by atoms with Gasteiger partial charge >= 0.3 is 5.97 Å². The molecule has 0 spiro atoms. The van der Waals surface area contributed by atoms with Crippen molar-refractivity contribution < 1.29 is 14.5 Å². The number of hydrogen-bond donors (Lipinski definition) is 0. The summed E-state index contributed by atoms with van der Waals surface area (Å²) in [5.41, 5.74) is 0.399. The molecule has 0 saturated carbocycles. The average Bonchev–Trinajstić information content (AvgIpc) is 2.58. The van der Waals surface area contributed by atoms with E-state index in [1.165, 1.54) is 22.8 Å². The van der Waals surface area contributed by atoms with Gasteiger partial charge in [0.15, 0.2) is 0 Å². The number of nitro benzene ring substituents is 1.